The van der Waals surface area contributed by atoms with Gasteiger partial charge in [0.2, 0.25) is 0 Å². The molecule has 0 unspecified atom stereocenters. The molecule has 0 bridgehead atoms. The Hall–Kier alpha value is -0.550. The molecular weight excluding hydrogens is 204 g/mol. The van der Waals surface area contributed by atoms with E-state index in [0.29, 0.717) is 0 Å². The quantitative estimate of drug-likeness (QED) is 0.710. The van der Waals surface area contributed by atoms with Gasteiger partial charge in [-0.3, -0.25) is 0 Å². The zero-order valence-electron chi connectivity index (χ0n) is 7.85. The van der Waals surface area contributed by atoms with E-state index in [1.54, 1.807) is 11.7 Å². The zero-order chi connectivity index (χ0) is 9.90. The lowest BCUT2D eigenvalue weighted by Crippen LogP contribution is -2.19. The summed E-state index contributed by atoms with van der Waals surface area (Å²) in [6, 6.07) is 0. The van der Waals surface area contributed by atoms with Crippen molar-refractivity contribution in [1.82, 2.24) is 4.98 Å². The van der Waals surface area contributed by atoms with Crippen LogP contribution in [-0.4, -0.2) is 20.2 Å². The molecule has 3 nitrogen and oxygen atoms in total. The monoisotopic (exact) mass is 216 g/mol. The highest BCUT2D eigenvalue weighted by Crippen LogP contribution is 2.12. The Labute approximate surface area is 84.5 Å². The Morgan fingerprint density at radius 2 is 2.31 bits per heavy atom. The Morgan fingerprint density at radius 1 is 1.62 bits per heavy atom. The van der Waals surface area contributed by atoms with Crippen LogP contribution < -0.4 is 0 Å². The van der Waals surface area contributed by atoms with Crippen molar-refractivity contribution in [3.63, 3.8) is 0 Å². The summed E-state index contributed by atoms with van der Waals surface area (Å²) in [7, 11) is -1.19. The summed E-state index contributed by atoms with van der Waals surface area (Å²) in [4.78, 5) is 4.01. The summed E-state index contributed by atoms with van der Waals surface area (Å²) >= 11 is 1.50. The number of nitrogens with zero attached hydrogens (tertiary/aromatic N) is 2. The molecule has 0 N–H and O–H groups in total. The van der Waals surface area contributed by atoms with E-state index in [-0.39, 0.29) is 4.75 Å². The standard InChI is InChI=1S/C8H12N2OS2/c1-8(2,3)13(11)10-4-7-5-12-6-9-7/h4-6H,1-3H3/t13-/m1/s1. The van der Waals surface area contributed by atoms with E-state index in [1.165, 1.54) is 11.3 Å². The van der Waals surface area contributed by atoms with Gasteiger partial charge in [-0.15, -0.1) is 11.3 Å². The minimum atomic E-state index is -1.19. The highest BCUT2D eigenvalue weighted by molar-refractivity contribution is 7.85. The van der Waals surface area contributed by atoms with Gasteiger partial charge in [0, 0.05) is 5.38 Å². The van der Waals surface area contributed by atoms with Crippen molar-refractivity contribution in [3.05, 3.63) is 16.6 Å². The fraction of sp³-hybridized carbons (Fsp3) is 0.500. The molecule has 0 amide bonds. The molecular formula is C8H12N2OS2. The van der Waals surface area contributed by atoms with Crippen LogP contribution in [0.5, 0.6) is 0 Å². The third-order valence-electron chi connectivity index (χ3n) is 1.26. The van der Waals surface area contributed by atoms with Crippen LogP contribution in [0.1, 0.15) is 26.5 Å². The predicted octanol–water partition coefficient (Wildman–Crippen LogP) is 2.02. The first-order valence-electron chi connectivity index (χ1n) is 3.84. The van der Waals surface area contributed by atoms with E-state index >= 15 is 0 Å². The van der Waals surface area contributed by atoms with Crippen LogP contribution in [-0.2, 0) is 11.0 Å². The van der Waals surface area contributed by atoms with Crippen molar-refractivity contribution in [1.29, 1.82) is 0 Å². The van der Waals surface area contributed by atoms with Gasteiger partial charge in [-0.2, -0.15) is 4.40 Å². The second-order valence-corrected chi connectivity index (χ2v) is 6.16. The summed E-state index contributed by atoms with van der Waals surface area (Å²) < 4.78 is 15.1. The summed E-state index contributed by atoms with van der Waals surface area (Å²) in [6.07, 6.45) is 1.55. The van der Waals surface area contributed by atoms with Gasteiger partial charge in [0.15, 0.2) is 0 Å². The van der Waals surface area contributed by atoms with Crippen molar-refractivity contribution in [2.75, 3.05) is 0 Å². The maximum Gasteiger partial charge on any atom is 0.144 e. The molecule has 0 aliphatic carbocycles. The lowest BCUT2D eigenvalue weighted by atomic mass is 10.3. The average molecular weight is 216 g/mol. The number of rotatable bonds is 2. The third kappa shape index (κ3) is 3.36. The molecule has 0 saturated carbocycles. The summed E-state index contributed by atoms with van der Waals surface area (Å²) in [5, 5.41) is 1.86. The van der Waals surface area contributed by atoms with E-state index in [4.69, 9.17) is 0 Å². The Bertz CT molecular complexity index is 311. The third-order valence-corrected chi connectivity index (χ3v) is 3.21. The van der Waals surface area contributed by atoms with Crippen LogP contribution in [0.4, 0.5) is 0 Å². The van der Waals surface area contributed by atoms with Crippen LogP contribution >= 0.6 is 11.3 Å². The van der Waals surface area contributed by atoms with Crippen molar-refractivity contribution >= 4 is 28.5 Å². The molecule has 1 heterocycles. The zero-order valence-corrected chi connectivity index (χ0v) is 9.48. The highest BCUT2D eigenvalue weighted by Gasteiger charge is 2.18. The van der Waals surface area contributed by atoms with Crippen molar-refractivity contribution < 1.29 is 4.21 Å². The molecule has 0 aromatic carbocycles. The van der Waals surface area contributed by atoms with Gasteiger partial charge in [0.05, 0.1) is 22.2 Å². The molecule has 1 rings (SSSR count). The predicted molar refractivity (Wildman–Crippen MR) is 57.6 cm³/mol. The van der Waals surface area contributed by atoms with E-state index in [0.717, 1.165) is 5.69 Å². The van der Waals surface area contributed by atoms with Gasteiger partial charge in [0.25, 0.3) is 0 Å². The Balaban J connectivity index is 2.65. The molecule has 1 atom stereocenters. The number of aromatic nitrogens is 1. The topological polar surface area (TPSA) is 42.3 Å². The van der Waals surface area contributed by atoms with Gasteiger partial charge in [-0.25, -0.2) is 9.19 Å². The molecule has 5 heteroatoms. The minimum absolute atomic E-state index is 0.299. The average Bonchev–Trinajstić information content (AvgIpc) is 2.50. The van der Waals surface area contributed by atoms with E-state index in [2.05, 4.69) is 9.38 Å². The normalized spacial score (nSPS) is 15.0. The summed E-state index contributed by atoms with van der Waals surface area (Å²) in [5.41, 5.74) is 2.49. The van der Waals surface area contributed by atoms with Crippen LogP contribution in [0, 0.1) is 0 Å². The molecule has 0 aliphatic rings. The smallest absolute Gasteiger partial charge is 0.144 e. The fourth-order valence-electron chi connectivity index (χ4n) is 0.546. The van der Waals surface area contributed by atoms with Crippen LogP contribution in [0.2, 0.25) is 0 Å². The molecule has 0 saturated heterocycles. The van der Waals surface area contributed by atoms with E-state index in [9.17, 15) is 4.21 Å². The van der Waals surface area contributed by atoms with Gasteiger partial charge < -0.3 is 0 Å². The Morgan fingerprint density at radius 3 is 2.77 bits per heavy atom. The lowest BCUT2D eigenvalue weighted by Gasteiger charge is -2.12. The Kier molecular flexibility index (Phi) is 3.33. The second kappa shape index (κ2) is 4.11. The van der Waals surface area contributed by atoms with Crippen LogP contribution in [0.3, 0.4) is 0 Å². The molecule has 1 aromatic heterocycles. The molecule has 0 fully saturated rings. The minimum Gasteiger partial charge on any atom is -0.244 e. The first-order chi connectivity index (χ1) is 6.00. The van der Waals surface area contributed by atoms with E-state index < -0.39 is 11.0 Å². The van der Waals surface area contributed by atoms with Gasteiger partial charge in [0.1, 0.15) is 11.0 Å². The molecule has 13 heavy (non-hydrogen) atoms. The van der Waals surface area contributed by atoms with Crippen LogP contribution in [0.25, 0.3) is 0 Å². The van der Waals surface area contributed by atoms with Crippen LogP contribution in [0.15, 0.2) is 15.3 Å². The highest BCUT2D eigenvalue weighted by atomic mass is 32.2. The maximum atomic E-state index is 11.4. The number of hydrogen-bond donors (Lipinski definition) is 0. The first-order valence-corrected chi connectivity index (χ1v) is 5.89. The molecule has 1 aromatic rings. The largest absolute Gasteiger partial charge is 0.244 e. The van der Waals surface area contributed by atoms with Crippen molar-refractivity contribution in [3.8, 4) is 0 Å². The first kappa shape index (κ1) is 10.5. The summed E-state index contributed by atoms with van der Waals surface area (Å²) in [5.74, 6) is 0. The van der Waals surface area contributed by atoms with Crippen molar-refractivity contribution in [2.24, 2.45) is 4.40 Å². The number of thiazole rings is 1. The lowest BCUT2D eigenvalue weighted by molar-refractivity contribution is 0.651. The fourth-order valence-corrected chi connectivity index (χ4v) is 1.57. The molecule has 72 valence electrons. The van der Waals surface area contributed by atoms with E-state index in [1.807, 2.05) is 26.2 Å². The van der Waals surface area contributed by atoms with Gasteiger partial charge in [-0.05, 0) is 20.8 Å². The molecule has 0 radical (unpaired) electrons. The molecule has 0 aliphatic heterocycles. The SMILES string of the molecule is CC(C)(C)[S@@](=O)N=Cc1cscn1. The summed E-state index contributed by atoms with van der Waals surface area (Å²) in [6.45, 7) is 5.67. The maximum absolute atomic E-state index is 11.4. The van der Waals surface area contributed by atoms with Gasteiger partial charge in [-0.1, -0.05) is 0 Å². The second-order valence-electron chi connectivity index (χ2n) is 3.51. The van der Waals surface area contributed by atoms with Gasteiger partial charge >= 0.3 is 0 Å². The number of hydrogen-bond acceptors (Lipinski definition) is 3. The molecule has 0 spiro atoms. The van der Waals surface area contributed by atoms with Crippen molar-refractivity contribution in [2.45, 2.75) is 25.5 Å².